The maximum atomic E-state index is 10.1. The van der Waals surface area contributed by atoms with Crippen LogP contribution in [0.25, 0.3) is 0 Å². The highest BCUT2D eigenvalue weighted by Gasteiger charge is 2.17. The quantitative estimate of drug-likeness (QED) is 0.772. The molecule has 7 heteroatoms. The van der Waals surface area contributed by atoms with Crippen molar-refractivity contribution < 1.29 is 5.11 Å². The van der Waals surface area contributed by atoms with E-state index in [2.05, 4.69) is 15.2 Å². The summed E-state index contributed by atoms with van der Waals surface area (Å²) in [4.78, 5) is 4.11. The number of nitrogens with zero attached hydrogens (tertiary/aromatic N) is 5. The Morgan fingerprint density at radius 3 is 2.82 bits per heavy atom. The van der Waals surface area contributed by atoms with Crippen LogP contribution in [0.2, 0.25) is 0 Å². The molecule has 1 unspecified atom stereocenters. The molecule has 0 aliphatic rings. The van der Waals surface area contributed by atoms with Crippen molar-refractivity contribution in [2.75, 3.05) is 5.73 Å². The van der Waals surface area contributed by atoms with Crippen LogP contribution >= 0.6 is 0 Å². The molecule has 17 heavy (non-hydrogen) atoms. The van der Waals surface area contributed by atoms with Crippen molar-refractivity contribution in [2.24, 2.45) is 7.05 Å². The first-order chi connectivity index (χ1) is 8.13. The molecule has 2 aromatic heterocycles. The van der Waals surface area contributed by atoms with Gasteiger partial charge >= 0.3 is 0 Å². The molecule has 1 atom stereocenters. The maximum Gasteiger partial charge on any atom is 0.138 e. The fourth-order valence-corrected chi connectivity index (χ4v) is 1.71. The predicted octanol–water partition coefficient (Wildman–Crippen LogP) is -0.110. The molecule has 0 radical (unpaired) electrons. The van der Waals surface area contributed by atoms with Crippen molar-refractivity contribution in [3.8, 4) is 0 Å². The van der Waals surface area contributed by atoms with Gasteiger partial charge in [-0.05, 0) is 6.92 Å². The Morgan fingerprint density at radius 1 is 1.47 bits per heavy atom. The zero-order chi connectivity index (χ0) is 12.4. The standard InChI is InChI=1S/C10H16N6O/c1-3-16-9(12-6-14-16)4-8(17)7-5-13-15(2)10(7)11/h5-6,8,17H,3-4,11H2,1-2H3. The Kier molecular flexibility index (Phi) is 3.10. The van der Waals surface area contributed by atoms with Crippen LogP contribution in [0.4, 0.5) is 5.82 Å². The van der Waals surface area contributed by atoms with Gasteiger partial charge in [-0.3, -0.25) is 9.36 Å². The fraction of sp³-hybridized carbons (Fsp3) is 0.500. The molecule has 0 aromatic carbocycles. The van der Waals surface area contributed by atoms with Crippen LogP contribution < -0.4 is 5.73 Å². The molecule has 7 nitrogen and oxygen atoms in total. The van der Waals surface area contributed by atoms with E-state index in [1.165, 1.54) is 11.0 Å². The molecule has 0 aliphatic carbocycles. The summed E-state index contributed by atoms with van der Waals surface area (Å²) in [5.41, 5.74) is 6.42. The van der Waals surface area contributed by atoms with Gasteiger partial charge in [-0.2, -0.15) is 10.2 Å². The van der Waals surface area contributed by atoms with Gasteiger partial charge in [0.2, 0.25) is 0 Å². The van der Waals surface area contributed by atoms with Crippen molar-refractivity contribution in [1.82, 2.24) is 24.5 Å². The van der Waals surface area contributed by atoms with Crippen LogP contribution in [-0.2, 0) is 20.0 Å². The van der Waals surface area contributed by atoms with E-state index in [1.807, 2.05) is 6.92 Å². The molecule has 92 valence electrons. The van der Waals surface area contributed by atoms with Crippen molar-refractivity contribution in [2.45, 2.75) is 26.0 Å². The molecule has 0 saturated heterocycles. The SMILES string of the molecule is CCn1ncnc1CC(O)c1cnn(C)c1N. The third-order valence-electron chi connectivity index (χ3n) is 2.74. The average Bonchev–Trinajstić information content (AvgIpc) is 2.87. The third kappa shape index (κ3) is 2.14. The van der Waals surface area contributed by atoms with Gasteiger partial charge in [-0.15, -0.1) is 0 Å². The van der Waals surface area contributed by atoms with E-state index >= 15 is 0 Å². The highest BCUT2D eigenvalue weighted by atomic mass is 16.3. The van der Waals surface area contributed by atoms with Gasteiger partial charge in [0.05, 0.1) is 12.3 Å². The molecule has 2 heterocycles. The molecular formula is C10H16N6O. The number of aromatic nitrogens is 5. The van der Waals surface area contributed by atoms with Crippen molar-refractivity contribution >= 4 is 5.82 Å². The lowest BCUT2D eigenvalue weighted by molar-refractivity contribution is 0.174. The Morgan fingerprint density at radius 2 is 2.24 bits per heavy atom. The van der Waals surface area contributed by atoms with E-state index in [4.69, 9.17) is 5.73 Å². The number of aliphatic hydroxyl groups is 1. The van der Waals surface area contributed by atoms with Gasteiger partial charge in [0.25, 0.3) is 0 Å². The third-order valence-corrected chi connectivity index (χ3v) is 2.74. The van der Waals surface area contributed by atoms with Crippen LogP contribution in [0.3, 0.4) is 0 Å². The second-order valence-electron chi connectivity index (χ2n) is 3.82. The van der Waals surface area contributed by atoms with Crippen LogP contribution in [-0.4, -0.2) is 29.7 Å². The Labute approximate surface area is 98.9 Å². The van der Waals surface area contributed by atoms with E-state index in [1.54, 1.807) is 17.9 Å². The summed E-state index contributed by atoms with van der Waals surface area (Å²) >= 11 is 0. The van der Waals surface area contributed by atoms with Crippen molar-refractivity contribution in [3.63, 3.8) is 0 Å². The zero-order valence-corrected chi connectivity index (χ0v) is 9.91. The van der Waals surface area contributed by atoms with Gasteiger partial charge in [0, 0.05) is 25.6 Å². The number of hydrogen-bond acceptors (Lipinski definition) is 5. The molecule has 0 amide bonds. The Balaban J connectivity index is 2.17. The van der Waals surface area contributed by atoms with Crippen molar-refractivity contribution in [1.29, 1.82) is 0 Å². The van der Waals surface area contributed by atoms with Crippen LogP contribution in [0, 0.1) is 0 Å². The number of anilines is 1. The monoisotopic (exact) mass is 236 g/mol. The summed E-state index contributed by atoms with van der Waals surface area (Å²) in [6, 6.07) is 0. The first-order valence-corrected chi connectivity index (χ1v) is 5.45. The number of aliphatic hydroxyl groups excluding tert-OH is 1. The zero-order valence-electron chi connectivity index (χ0n) is 9.91. The molecule has 0 bridgehead atoms. The van der Waals surface area contributed by atoms with Crippen LogP contribution in [0.15, 0.2) is 12.5 Å². The smallest absolute Gasteiger partial charge is 0.138 e. The number of hydrogen-bond donors (Lipinski definition) is 2. The van der Waals surface area contributed by atoms with Gasteiger partial charge in [0.15, 0.2) is 0 Å². The number of nitrogens with two attached hydrogens (primary N) is 1. The molecule has 0 fully saturated rings. The molecular weight excluding hydrogens is 220 g/mol. The molecule has 3 N–H and O–H groups in total. The van der Waals surface area contributed by atoms with Gasteiger partial charge in [0.1, 0.15) is 18.0 Å². The summed E-state index contributed by atoms with van der Waals surface area (Å²) in [7, 11) is 1.74. The fourth-order valence-electron chi connectivity index (χ4n) is 1.71. The maximum absolute atomic E-state index is 10.1. The van der Waals surface area contributed by atoms with Crippen LogP contribution in [0.5, 0.6) is 0 Å². The second-order valence-corrected chi connectivity index (χ2v) is 3.82. The van der Waals surface area contributed by atoms with E-state index < -0.39 is 6.10 Å². The van der Waals surface area contributed by atoms with Gasteiger partial charge < -0.3 is 10.8 Å². The first-order valence-electron chi connectivity index (χ1n) is 5.45. The van der Waals surface area contributed by atoms with E-state index in [9.17, 15) is 5.11 Å². The average molecular weight is 236 g/mol. The molecule has 0 spiro atoms. The van der Waals surface area contributed by atoms with E-state index in [-0.39, 0.29) is 0 Å². The van der Waals surface area contributed by atoms with Crippen molar-refractivity contribution in [3.05, 3.63) is 23.9 Å². The van der Waals surface area contributed by atoms with Crippen LogP contribution in [0.1, 0.15) is 24.4 Å². The highest BCUT2D eigenvalue weighted by molar-refractivity contribution is 5.40. The normalized spacial score (nSPS) is 12.9. The highest BCUT2D eigenvalue weighted by Crippen LogP contribution is 2.22. The lowest BCUT2D eigenvalue weighted by atomic mass is 10.1. The largest absolute Gasteiger partial charge is 0.388 e. The van der Waals surface area contributed by atoms with E-state index in [0.29, 0.717) is 17.8 Å². The molecule has 2 aromatic rings. The number of aryl methyl sites for hydroxylation is 2. The number of rotatable bonds is 4. The lowest BCUT2D eigenvalue weighted by Crippen LogP contribution is -2.11. The first kappa shape index (κ1) is 11.6. The minimum absolute atomic E-state index is 0.379. The predicted molar refractivity (Wildman–Crippen MR) is 62.0 cm³/mol. The minimum atomic E-state index is -0.710. The Bertz CT molecular complexity index is 503. The lowest BCUT2D eigenvalue weighted by Gasteiger charge is -2.10. The summed E-state index contributed by atoms with van der Waals surface area (Å²) in [5, 5.41) is 18.1. The van der Waals surface area contributed by atoms with Gasteiger partial charge in [-0.1, -0.05) is 0 Å². The molecule has 2 rings (SSSR count). The summed E-state index contributed by atoms with van der Waals surface area (Å²) in [6.07, 6.45) is 2.73. The second kappa shape index (κ2) is 4.54. The van der Waals surface area contributed by atoms with E-state index in [0.717, 1.165) is 12.4 Å². The topological polar surface area (TPSA) is 94.8 Å². The summed E-state index contributed by atoms with van der Waals surface area (Å²) in [5.74, 6) is 1.21. The summed E-state index contributed by atoms with van der Waals surface area (Å²) < 4.78 is 3.28. The van der Waals surface area contributed by atoms with Gasteiger partial charge in [-0.25, -0.2) is 4.98 Å². The molecule has 0 saturated carbocycles. The minimum Gasteiger partial charge on any atom is -0.388 e. The Hall–Kier alpha value is -1.89. The molecule has 0 aliphatic heterocycles. The number of nitrogen functional groups attached to an aromatic ring is 1. The summed E-state index contributed by atoms with van der Waals surface area (Å²) in [6.45, 7) is 2.70.